The summed E-state index contributed by atoms with van der Waals surface area (Å²) in [5.41, 5.74) is 6.78. The van der Waals surface area contributed by atoms with Gasteiger partial charge in [-0.15, -0.1) is 0 Å². The molecule has 3 nitrogen and oxygen atoms in total. The highest BCUT2D eigenvalue weighted by Crippen LogP contribution is 2.25. The van der Waals surface area contributed by atoms with E-state index in [9.17, 15) is 9.18 Å². The molecule has 0 aliphatic heterocycles. The summed E-state index contributed by atoms with van der Waals surface area (Å²) in [6, 6.07) is 8.87. The maximum atomic E-state index is 12.9. The molecule has 2 N–H and O–H groups in total. The second-order valence-electron chi connectivity index (χ2n) is 4.02. The molecule has 0 aromatic heterocycles. The van der Waals surface area contributed by atoms with Crippen LogP contribution in [-0.2, 0) is 11.3 Å². The molecule has 0 aliphatic carbocycles. The number of carbonyl (C=O) groups excluding carboxylic acids is 1. The van der Waals surface area contributed by atoms with E-state index in [1.165, 1.54) is 24.3 Å². The molecule has 0 amide bonds. The summed E-state index contributed by atoms with van der Waals surface area (Å²) >= 11 is 9.14. The molecule has 0 aliphatic rings. The molecule has 0 atom stereocenters. The maximum absolute atomic E-state index is 12.9. The number of hydrogen-bond acceptors (Lipinski definition) is 3. The Balaban J connectivity index is 2.11. The van der Waals surface area contributed by atoms with Gasteiger partial charge in [0.25, 0.3) is 0 Å². The highest BCUT2D eigenvalue weighted by atomic mass is 79.9. The van der Waals surface area contributed by atoms with Crippen molar-refractivity contribution in [2.45, 2.75) is 6.61 Å². The summed E-state index contributed by atoms with van der Waals surface area (Å²) in [5, 5.41) is 0.163. The molecule has 6 heteroatoms. The van der Waals surface area contributed by atoms with Gasteiger partial charge < -0.3 is 10.5 Å². The molecule has 104 valence electrons. The number of nitrogens with two attached hydrogens (primary N) is 1. The molecule has 0 unspecified atom stereocenters. The van der Waals surface area contributed by atoms with Gasteiger partial charge in [-0.1, -0.05) is 39.7 Å². The van der Waals surface area contributed by atoms with E-state index in [1.54, 1.807) is 12.1 Å². The van der Waals surface area contributed by atoms with Gasteiger partial charge in [0.05, 0.1) is 16.3 Å². The summed E-state index contributed by atoms with van der Waals surface area (Å²) in [6.45, 7) is 0.00479. The number of halogens is 3. The van der Waals surface area contributed by atoms with Crippen LogP contribution < -0.4 is 5.73 Å². The van der Waals surface area contributed by atoms with Crippen LogP contribution in [0.25, 0.3) is 0 Å². The van der Waals surface area contributed by atoms with Crippen molar-refractivity contribution in [1.29, 1.82) is 0 Å². The van der Waals surface area contributed by atoms with E-state index in [2.05, 4.69) is 15.9 Å². The average Bonchev–Trinajstić information content (AvgIpc) is 2.40. The number of esters is 1. The van der Waals surface area contributed by atoms with Gasteiger partial charge >= 0.3 is 5.97 Å². The lowest BCUT2D eigenvalue weighted by Crippen LogP contribution is -2.07. The first kappa shape index (κ1) is 14.8. The smallest absolute Gasteiger partial charge is 0.340 e. The fourth-order valence-corrected chi connectivity index (χ4v) is 2.24. The largest absolute Gasteiger partial charge is 0.457 e. The number of ether oxygens (including phenoxy) is 1. The highest BCUT2D eigenvalue weighted by molar-refractivity contribution is 9.10. The van der Waals surface area contributed by atoms with Crippen LogP contribution in [-0.4, -0.2) is 5.97 Å². The van der Waals surface area contributed by atoms with Gasteiger partial charge in [-0.25, -0.2) is 9.18 Å². The fourth-order valence-electron chi connectivity index (χ4n) is 1.57. The van der Waals surface area contributed by atoms with Crippen molar-refractivity contribution in [2.24, 2.45) is 0 Å². The van der Waals surface area contributed by atoms with Crippen LogP contribution >= 0.6 is 27.5 Å². The second kappa shape index (κ2) is 6.24. The predicted molar refractivity (Wildman–Crippen MR) is 79.1 cm³/mol. The number of benzene rings is 2. The van der Waals surface area contributed by atoms with Gasteiger partial charge in [-0.05, 0) is 24.3 Å². The minimum absolute atomic E-state index is 0.00479. The van der Waals surface area contributed by atoms with E-state index in [0.29, 0.717) is 15.7 Å². The average molecular weight is 359 g/mol. The zero-order valence-corrected chi connectivity index (χ0v) is 12.5. The van der Waals surface area contributed by atoms with E-state index < -0.39 is 5.97 Å². The zero-order valence-electron chi connectivity index (χ0n) is 10.2. The summed E-state index contributed by atoms with van der Waals surface area (Å²) in [7, 11) is 0. The van der Waals surface area contributed by atoms with Crippen molar-refractivity contribution in [3.05, 3.63) is 62.8 Å². The predicted octanol–water partition coefficient (Wildman–Crippen LogP) is 4.18. The van der Waals surface area contributed by atoms with Crippen molar-refractivity contribution in [2.75, 3.05) is 5.73 Å². The third-order valence-electron chi connectivity index (χ3n) is 2.62. The number of carbonyl (C=O) groups is 1. The Morgan fingerprint density at radius 2 is 2.10 bits per heavy atom. The molecule has 0 bridgehead atoms. The van der Waals surface area contributed by atoms with Crippen molar-refractivity contribution in [3.63, 3.8) is 0 Å². The second-order valence-corrected chi connectivity index (χ2v) is 5.25. The number of rotatable bonds is 3. The summed E-state index contributed by atoms with van der Waals surface area (Å²) < 4.78 is 18.6. The number of anilines is 1. The number of nitrogen functional groups attached to an aromatic ring is 1. The first-order valence-corrected chi connectivity index (χ1v) is 6.81. The van der Waals surface area contributed by atoms with Crippen molar-refractivity contribution in [1.82, 2.24) is 0 Å². The number of hydrogen-bond donors (Lipinski definition) is 1. The van der Waals surface area contributed by atoms with E-state index in [0.717, 1.165) is 0 Å². The van der Waals surface area contributed by atoms with E-state index in [4.69, 9.17) is 22.1 Å². The van der Waals surface area contributed by atoms with Gasteiger partial charge in [-0.2, -0.15) is 0 Å². The highest BCUT2D eigenvalue weighted by Gasteiger charge is 2.14. The van der Waals surface area contributed by atoms with Gasteiger partial charge in [0.1, 0.15) is 12.4 Å². The van der Waals surface area contributed by atoms with Crippen LogP contribution in [0.1, 0.15) is 15.9 Å². The van der Waals surface area contributed by atoms with Crippen LogP contribution in [0.2, 0.25) is 5.02 Å². The molecular weight excluding hydrogens is 349 g/mol. The molecule has 2 rings (SSSR count). The Hall–Kier alpha value is -1.59. The molecule has 0 fully saturated rings. The molecule has 0 heterocycles. The Morgan fingerprint density at radius 3 is 2.80 bits per heavy atom. The van der Waals surface area contributed by atoms with Gasteiger partial charge in [0.15, 0.2) is 0 Å². The van der Waals surface area contributed by atoms with Crippen LogP contribution in [0.15, 0.2) is 40.9 Å². The van der Waals surface area contributed by atoms with Gasteiger partial charge in [0, 0.05) is 10.0 Å². The standard InChI is InChI=1S/C14H10BrClFNO2/c15-11-6-9(17)5-4-8(11)7-20-14(19)10-2-1-3-12(18)13(10)16/h1-6H,7,18H2. The quantitative estimate of drug-likeness (QED) is 0.661. The van der Waals surface area contributed by atoms with E-state index >= 15 is 0 Å². The Labute approximate surface area is 128 Å². The molecule has 0 spiro atoms. The Morgan fingerprint density at radius 1 is 1.35 bits per heavy atom. The van der Waals surface area contributed by atoms with Crippen LogP contribution in [0.4, 0.5) is 10.1 Å². The Kier molecular flexibility index (Phi) is 4.62. The van der Waals surface area contributed by atoms with Crippen LogP contribution in [0.3, 0.4) is 0 Å². The van der Waals surface area contributed by atoms with Crippen molar-refractivity contribution in [3.8, 4) is 0 Å². The molecule has 2 aromatic rings. The molecular formula is C14H10BrClFNO2. The summed E-state index contributed by atoms with van der Waals surface area (Å²) in [5.74, 6) is -0.954. The topological polar surface area (TPSA) is 52.3 Å². The lowest BCUT2D eigenvalue weighted by molar-refractivity contribution is 0.0472. The van der Waals surface area contributed by atoms with Gasteiger partial charge in [-0.3, -0.25) is 0 Å². The van der Waals surface area contributed by atoms with Crippen LogP contribution in [0.5, 0.6) is 0 Å². The molecule has 0 radical (unpaired) electrons. The molecule has 0 saturated carbocycles. The normalized spacial score (nSPS) is 10.3. The lowest BCUT2D eigenvalue weighted by atomic mass is 10.2. The maximum Gasteiger partial charge on any atom is 0.340 e. The minimum atomic E-state index is -0.585. The van der Waals surface area contributed by atoms with E-state index in [1.807, 2.05) is 0 Å². The SMILES string of the molecule is Nc1cccc(C(=O)OCc2ccc(F)cc2Br)c1Cl. The van der Waals surface area contributed by atoms with Gasteiger partial charge in [0.2, 0.25) is 0 Å². The summed E-state index contributed by atoms with van der Waals surface area (Å²) in [6.07, 6.45) is 0. The molecule has 0 saturated heterocycles. The lowest BCUT2D eigenvalue weighted by Gasteiger charge is -2.09. The fraction of sp³-hybridized carbons (Fsp3) is 0.0714. The Bertz CT molecular complexity index is 664. The van der Waals surface area contributed by atoms with Crippen molar-refractivity contribution < 1.29 is 13.9 Å². The first-order chi connectivity index (χ1) is 9.49. The molecule has 2 aromatic carbocycles. The van der Waals surface area contributed by atoms with Crippen LogP contribution in [0, 0.1) is 5.82 Å². The summed E-state index contributed by atoms with van der Waals surface area (Å²) in [4.78, 5) is 11.9. The van der Waals surface area contributed by atoms with Crippen molar-refractivity contribution >= 4 is 39.2 Å². The third kappa shape index (κ3) is 3.29. The van der Waals surface area contributed by atoms with E-state index in [-0.39, 0.29) is 23.0 Å². The first-order valence-electron chi connectivity index (χ1n) is 5.64. The minimum Gasteiger partial charge on any atom is -0.457 e. The molecule has 20 heavy (non-hydrogen) atoms. The third-order valence-corrected chi connectivity index (χ3v) is 3.78. The zero-order chi connectivity index (χ0) is 14.7. The monoisotopic (exact) mass is 357 g/mol.